The van der Waals surface area contributed by atoms with Crippen LogP contribution in [0.15, 0.2) is 0 Å². The van der Waals surface area contributed by atoms with Crippen LogP contribution in [0, 0.1) is 0 Å². The maximum Gasteiger partial charge on any atom is 0.322 e. The van der Waals surface area contributed by atoms with E-state index in [1.807, 2.05) is 0 Å². The van der Waals surface area contributed by atoms with Gasteiger partial charge in [0.25, 0.3) is 0 Å². The molecule has 0 aromatic heterocycles. The topological polar surface area (TPSA) is 83.5 Å². The van der Waals surface area contributed by atoms with Crippen molar-refractivity contribution in [2.45, 2.75) is 6.04 Å². The number of carboxylic acids is 1. The van der Waals surface area contributed by atoms with Crippen molar-refractivity contribution in [3.05, 3.63) is 0 Å². The van der Waals surface area contributed by atoms with Crippen LogP contribution >= 0.6 is 0 Å². The van der Waals surface area contributed by atoms with Gasteiger partial charge in [-0.2, -0.15) is 0 Å². The Hall–Kier alpha value is -0.545. The molecule has 5 heteroatoms. The SMILES string of the molecule is B.NC(CO)C(=O)O. The third-order valence-electron chi connectivity index (χ3n) is 0.514. The zero-order valence-corrected chi connectivity index (χ0v) is 3.66. The number of hydrogen-bond acceptors (Lipinski definition) is 3. The summed E-state index contributed by atoms with van der Waals surface area (Å²) in [7, 11) is 0. The molecule has 4 N–H and O–H groups in total. The van der Waals surface area contributed by atoms with Gasteiger partial charge >= 0.3 is 5.97 Å². The van der Waals surface area contributed by atoms with Crippen LogP contribution in [0.4, 0.5) is 0 Å². The molecule has 0 saturated heterocycles. The highest BCUT2D eigenvalue weighted by Crippen LogP contribution is 1.71. The lowest BCUT2D eigenvalue weighted by Crippen LogP contribution is -2.33. The van der Waals surface area contributed by atoms with Gasteiger partial charge in [-0.25, -0.2) is 0 Å². The molecule has 0 bridgehead atoms. The highest BCUT2D eigenvalue weighted by Gasteiger charge is 2.06. The summed E-state index contributed by atoms with van der Waals surface area (Å²) >= 11 is 0. The number of aliphatic carboxylic acids is 1. The summed E-state index contributed by atoms with van der Waals surface area (Å²) in [6, 6.07) is -1.13. The first-order valence-corrected chi connectivity index (χ1v) is 1.77. The number of aliphatic hydroxyl groups is 1. The molecule has 4 nitrogen and oxygen atoms in total. The highest BCUT2D eigenvalue weighted by molar-refractivity contribution is 5.75. The summed E-state index contributed by atoms with van der Waals surface area (Å²) in [4.78, 5) is 9.65. The Morgan fingerprint density at radius 1 is 1.75 bits per heavy atom. The average Bonchev–Trinajstić information content (AvgIpc) is 1.65. The number of carboxylic acid groups (broad SMARTS) is 1. The van der Waals surface area contributed by atoms with Gasteiger partial charge in [-0.1, -0.05) is 0 Å². The molecular formula is C3H10BNO3. The van der Waals surface area contributed by atoms with E-state index in [0.717, 1.165) is 0 Å². The van der Waals surface area contributed by atoms with Crippen LogP contribution in [0.1, 0.15) is 0 Å². The summed E-state index contributed by atoms with van der Waals surface area (Å²) in [6.07, 6.45) is 0. The maximum atomic E-state index is 9.65. The summed E-state index contributed by atoms with van der Waals surface area (Å²) < 4.78 is 0. The second kappa shape index (κ2) is 4.61. The van der Waals surface area contributed by atoms with E-state index in [1.54, 1.807) is 0 Å². The Morgan fingerprint density at radius 2 is 2.12 bits per heavy atom. The quantitative estimate of drug-likeness (QED) is 0.343. The van der Waals surface area contributed by atoms with Crippen molar-refractivity contribution < 1.29 is 15.0 Å². The monoisotopic (exact) mass is 119 g/mol. The van der Waals surface area contributed by atoms with E-state index < -0.39 is 18.6 Å². The molecule has 48 valence electrons. The van der Waals surface area contributed by atoms with Crippen LogP contribution in [0.25, 0.3) is 0 Å². The molecule has 1 atom stereocenters. The second-order valence-electron chi connectivity index (χ2n) is 1.13. The van der Waals surface area contributed by atoms with Crippen LogP contribution < -0.4 is 5.73 Å². The predicted octanol–water partition coefficient (Wildman–Crippen LogP) is -2.79. The molecule has 0 saturated carbocycles. The van der Waals surface area contributed by atoms with E-state index in [1.165, 1.54) is 0 Å². The van der Waals surface area contributed by atoms with Crippen molar-refractivity contribution in [2.24, 2.45) is 5.73 Å². The Morgan fingerprint density at radius 3 is 2.12 bits per heavy atom. The molecular weight excluding hydrogens is 109 g/mol. The molecule has 0 heterocycles. The summed E-state index contributed by atoms with van der Waals surface area (Å²) in [5, 5.41) is 15.9. The molecule has 0 radical (unpaired) electrons. The first kappa shape index (κ1) is 10.4. The number of nitrogens with two attached hydrogens (primary N) is 1. The fourth-order valence-corrected chi connectivity index (χ4v) is 0.0781. The van der Waals surface area contributed by atoms with Gasteiger partial charge in [0.2, 0.25) is 0 Å². The van der Waals surface area contributed by atoms with Crippen molar-refractivity contribution in [2.75, 3.05) is 6.61 Å². The molecule has 0 rings (SSSR count). The van der Waals surface area contributed by atoms with Gasteiger partial charge in [-0.3, -0.25) is 4.79 Å². The minimum absolute atomic E-state index is 0. The largest absolute Gasteiger partial charge is 0.480 e. The predicted molar refractivity (Wildman–Crippen MR) is 32.6 cm³/mol. The van der Waals surface area contributed by atoms with E-state index in [0.29, 0.717) is 0 Å². The zero-order valence-electron chi connectivity index (χ0n) is 3.66. The Labute approximate surface area is 48.9 Å². The number of hydrogen-bond donors (Lipinski definition) is 3. The van der Waals surface area contributed by atoms with E-state index in [9.17, 15) is 4.79 Å². The number of aliphatic hydroxyl groups excluding tert-OH is 1. The summed E-state index contributed by atoms with van der Waals surface area (Å²) in [6.45, 7) is -0.505. The first-order valence-electron chi connectivity index (χ1n) is 1.77. The molecule has 0 aliphatic carbocycles. The minimum Gasteiger partial charge on any atom is -0.480 e. The van der Waals surface area contributed by atoms with E-state index >= 15 is 0 Å². The van der Waals surface area contributed by atoms with Crippen LogP contribution in [0.2, 0.25) is 0 Å². The molecule has 0 aromatic rings. The van der Waals surface area contributed by atoms with Crippen molar-refractivity contribution >= 4 is 14.4 Å². The standard InChI is InChI=1S/C3H7NO3.BH3/c4-2(1-5)3(6)7;/h2,5H,1,4H2,(H,6,7);1H3. The Kier molecular flexibility index (Phi) is 6.02. The van der Waals surface area contributed by atoms with E-state index in [4.69, 9.17) is 15.9 Å². The lowest BCUT2D eigenvalue weighted by molar-refractivity contribution is -0.139. The second-order valence-corrected chi connectivity index (χ2v) is 1.13. The third kappa shape index (κ3) is 3.64. The van der Waals surface area contributed by atoms with Gasteiger partial charge in [0.1, 0.15) is 6.04 Å². The maximum absolute atomic E-state index is 9.65. The molecule has 0 fully saturated rings. The van der Waals surface area contributed by atoms with Crippen LogP contribution in [0.3, 0.4) is 0 Å². The fraction of sp³-hybridized carbons (Fsp3) is 0.667. The molecule has 0 aliphatic rings. The van der Waals surface area contributed by atoms with Crippen molar-refractivity contribution in [1.82, 2.24) is 0 Å². The molecule has 8 heavy (non-hydrogen) atoms. The zero-order chi connectivity index (χ0) is 5.86. The van der Waals surface area contributed by atoms with E-state index in [2.05, 4.69) is 0 Å². The van der Waals surface area contributed by atoms with Gasteiger partial charge < -0.3 is 15.9 Å². The normalized spacial score (nSPS) is 11.8. The van der Waals surface area contributed by atoms with Crippen molar-refractivity contribution in [3.8, 4) is 0 Å². The van der Waals surface area contributed by atoms with Crippen LogP contribution in [-0.4, -0.2) is 37.2 Å². The summed E-state index contributed by atoms with van der Waals surface area (Å²) in [5.41, 5.74) is 4.77. The summed E-state index contributed by atoms with van der Waals surface area (Å²) in [5.74, 6) is -1.18. The third-order valence-corrected chi connectivity index (χ3v) is 0.514. The van der Waals surface area contributed by atoms with Crippen LogP contribution in [-0.2, 0) is 4.79 Å². The number of rotatable bonds is 2. The first-order chi connectivity index (χ1) is 3.18. The van der Waals surface area contributed by atoms with Crippen molar-refractivity contribution in [1.29, 1.82) is 0 Å². The average molecular weight is 119 g/mol. The lowest BCUT2D eigenvalue weighted by Gasteiger charge is -1.96. The minimum atomic E-state index is -1.18. The smallest absolute Gasteiger partial charge is 0.322 e. The molecule has 1 unspecified atom stereocenters. The lowest BCUT2D eigenvalue weighted by atomic mass is 10.3. The van der Waals surface area contributed by atoms with Gasteiger partial charge in [-0.15, -0.1) is 0 Å². The van der Waals surface area contributed by atoms with Gasteiger partial charge in [0.05, 0.1) is 15.0 Å². The van der Waals surface area contributed by atoms with Crippen LogP contribution in [0.5, 0.6) is 0 Å². The highest BCUT2D eigenvalue weighted by atomic mass is 16.4. The molecule has 0 spiro atoms. The van der Waals surface area contributed by atoms with Gasteiger partial charge in [0.15, 0.2) is 0 Å². The fourth-order valence-electron chi connectivity index (χ4n) is 0.0781. The van der Waals surface area contributed by atoms with Gasteiger partial charge in [-0.05, 0) is 0 Å². The molecule has 0 aliphatic heterocycles. The Bertz CT molecular complexity index is 76.9. The van der Waals surface area contributed by atoms with Gasteiger partial charge in [0, 0.05) is 0 Å². The van der Waals surface area contributed by atoms with E-state index in [-0.39, 0.29) is 8.41 Å². The Balaban J connectivity index is 0. The molecule has 0 amide bonds. The molecule has 0 aromatic carbocycles. The van der Waals surface area contributed by atoms with Crippen molar-refractivity contribution in [3.63, 3.8) is 0 Å². The number of carbonyl (C=O) groups is 1.